The molecule has 1 unspecified atom stereocenters. The van der Waals surface area contributed by atoms with Gasteiger partial charge in [-0.1, -0.05) is 0 Å². The Bertz CT molecular complexity index is 536. The molecule has 1 saturated heterocycles. The van der Waals surface area contributed by atoms with Crippen molar-refractivity contribution < 1.29 is 14.5 Å². The van der Waals surface area contributed by atoms with Crippen LogP contribution in [0, 0.1) is 16.0 Å². The first-order valence-corrected chi connectivity index (χ1v) is 6.12. The lowest BCUT2D eigenvalue weighted by Crippen LogP contribution is -2.40. The van der Waals surface area contributed by atoms with E-state index in [4.69, 9.17) is 10.5 Å². The van der Waals surface area contributed by atoms with Gasteiger partial charge in [0.25, 0.3) is 0 Å². The van der Waals surface area contributed by atoms with Gasteiger partial charge in [0, 0.05) is 13.1 Å². The van der Waals surface area contributed by atoms with E-state index in [0.717, 1.165) is 6.42 Å². The molecule has 0 aliphatic carbocycles. The number of esters is 1. The van der Waals surface area contributed by atoms with Gasteiger partial charge in [-0.2, -0.15) is 0 Å². The summed E-state index contributed by atoms with van der Waals surface area (Å²) in [5, 5.41) is 11.1. The van der Waals surface area contributed by atoms with Gasteiger partial charge in [-0.05, 0) is 12.8 Å². The maximum atomic E-state index is 11.6. The van der Waals surface area contributed by atoms with Crippen LogP contribution < -0.4 is 10.6 Å². The topological polar surface area (TPSA) is 124 Å². The van der Waals surface area contributed by atoms with Crippen LogP contribution in [0.4, 0.5) is 17.3 Å². The molecule has 2 heterocycles. The van der Waals surface area contributed by atoms with E-state index in [-0.39, 0.29) is 29.2 Å². The van der Waals surface area contributed by atoms with Crippen molar-refractivity contribution in [2.75, 3.05) is 30.8 Å². The molecule has 1 fully saturated rings. The number of hydrogen-bond donors (Lipinski definition) is 1. The Morgan fingerprint density at radius 3 is 3.00 bits per heavy atom. The van der Waals surface area contributed by atoms with Crippen molar-refractivity contribution in [1.82, 2.24) is 9.97 Å². The fraction of sp³-hybridized carbons (Fsp3) is 0.545. The fourth-order valence-electron chi connectivity index (χ4n) is 2.32. The number of nitro groups is 1. The van der Waals surface area contributed by atoms with Crippen molar-refractivity contribution in [3.8, 4) is 0 Å². The molecule has 0 saturated carbocycles. The summed E-state index contributed by atoms with van der Waals surface area (Å²) in [5.41, 5.74) is 5.22. The number of aromatic nitrogens is 2. The Morgan fingerprint density at radius 2 is 2.35 bits per heavy atom. The standard InChI is InChI=1S/C11H15N5O4/c1-20-11(17)7-3-2-4-15(5-7)10-8(16(18)19)9(12)13-6-14-10/h6-7H,2-5H2,1H3,(H2,12,13,14). The maximum Gasteiger partial charge on any atom is 0.353 e. The van der Waals surface area contributed by atoms with Gasteiger partial charge < -0.3 is 15.4 Å². The Morgan fingerprint density at radius 1 is 1.60 bits per heavy atom. The van der Waals surface area contributed by atoms with E-state index < -0.39 is 4.92 Å². The molecule has 2 rings (SSSR count). The molecule has 0 aromatic carbocycles. The number of piperidine rings is 1. The van der Waals surface area contributed by atoms with Gasteiger partial charge in [0.05, 0.1) is 18.0 Å². The zero-order valence-corrected chi connectivity index (χ0v) is 11.0. The van der Waals surface area contributed by atoms with Gasteiger partial charge in [0.1, 0.15) is 6.33 Å². The first kappa shape index (κ1) is 14.0. The van der Waals surface area contributed by atoms with E-state index in [9.17, 15) is 14.9 Å². The third-order valence-corrected chi connectivity index (χ3v) is 3.27. The normalized spacial score (nSPS) is 18.6. The summed E-state index contributed by atoms with van der Waals surface area (Å²) in [5.74, 6) is -0.666. The van der Waals surface area contributed by atoms with E-state index in [1.165, 1.54) is 13.4 Å². The fourth-order valence-corrected chi connectivity index (χ4v) is 2.32. The summed E-state index contributed by atoms with van der Waals surface area (Å²) < 4.78 is 4.72. The summed E-state index contributed by atoms with van der Waals surface area (Å²) in [6.45, 7) is 0.898. The Kier molecular flexibility index (Phi) is 3.97. The Balaban J connectivity index is 2.30. The van der Waals surface area contributed by atoms with E-state index in [2.05, 4.69) is 9.97 Å². The minimum Gasteiger partial charge on any atom is -0.469 e. The highest BCUT2D eigenvalue weighted by Gasteiger charge is 2.32. The monoisotopic (exact) mass is 281 g/mol. The maximum absolute atomic E-state index is 11.6. The second kappa shape index (κ2) is 5.68. The molecule has 1 atom stereocenters. The molecule has 1 aromatic rings. The number of hydrogen-bond acceptors (Lipinski definition) is 8. The summed E-state index contributed by atoms with van der Waals surface area (Å²) >= 11 is 0. The van der Waals surface area contributed by atoms with Gasteiger partial charge in [-0.25, -0.2) is 9.97 Å². The lowest BCUT2D eigenvalue weighted by atomic mass is 9.98. The molecule has 0 spiro atoms. The van der Waals surface area contributed by atoms with Gasteiger partial charge in [-0.15, -0.1) is 0 Å². The minimum absolute atomic E-state index is 0.149. The molecule has 9 nitrogen and oxygen atoms in total. The van der Waals surface area contributed by atoms with Gasteiger partial charge >= 0.3 is 11.7 Å². The predicted molar refractivity (Wildman–Crippen MR) is 70.1 cm³/mol. The summed E-state index contributed by atoms with van der Waals surface area (Å²) in [6, 6.07) is 0. The highest BCUT2D eigenvalue weighted by Crippen LogP contribution is 2.32. The molecule has 1 aliphatic rings. The van der Waals surface area contributed by atoms with E-state index in [1.807, 2.05) is 0 Å². The number of ether oxygens (including phenoxy) is 1. The van der Waals surface area contributed by atoms with Gasteiger partial charge in [-0.3, -0.25) is 14.9 Å². The van der Waals surface area contributed by atoms with Crippen LogP contribution in [0.1, 0.15) is 12.8 Å². The van der Waals surface area contributed by atoms with E-state index in [0.29, 0.717) is 19.5 Å². The van der Waals surface area contributed by atoms with Crippen molar-refractivity contribution in [2.24, 2.45) is 5.92 Å². The number of nitrogens with two attached hydrogens (primary N) is 1. The van der Waals surface area contributed by atoms with Crippen LogP contribution >= 0.6 is 0 Å². The quantitative estimate of drug-likeness (QED) is 0.478. The molecule has 1 aliphatic heterocycles. The minimum atomic E-state index is -0.605. The number of carbonyl (C=O) groups excluding carboxylic acids is 1. The summed E-state index contributed by atoms with van der Waals surface area (Å²) in [7, 11) is 1.33. The van der Waals surface area contributed by atoms with Gasteiger partial charge in [0.2, 0.25) is 11.6 Å². The Hall–Kier alpha value is -2.45. The summed E-state index contributed by atoms with van der Waals surface area (Å²) in [6.07, 6.45) is 2.60. The van der Waals surface area contributed by atoms with E-state index in [1.54, 1.807) is 4.90 Å². The first-order chi connectivity index (χ1) is 9.54. The number of anilines is 2. The smallest absolute Gasteiger partial charge is 0.353 e. The van der Waals surface area contributed by atoms with Crippen molar-refractivity contribution in [1.29, 1.82) is 0 Å². The SMILES string of the molecule is COC(=O)C1CCCN(c2ncnc(N)c2[N+](=O)[O-])C1. The molecule has 20 heavy (non-hydrogen) atoms. The molecule has 2 N–H and O–H groups in total. The highest BCUT2D eigenvalue weighted by atomic mass is 16.6. The molecule has 9 heteroatoms. The third kappa shape index (κ3) is 2.60. The van der Waals surface area contributed by atoms with Crippen LogP contribution in [0.5, 0.6) is 0 Å². The van der Waals surface area contributed by atoms with Crippen molar-refractivity contribution in [3.63, 3.8) is 0 Å². The van der Waals surface area contributed by atoms with Crippen LogP contribution in [0.15, 0.2) is 6.33 Å². The average molecular weight is 281 g/mol. The molecular weight excluding hydrogens is 266 g/mol. The molecule has 0 bridgehead atoms. The predicted octanol–water partition coefficient (Wildman–Crippen LogP) is 0.356. The van der Waals surface area contributed by atoms with Crippen LogP contribution in [0.3, 0.4) is 0 Å². The molecule has 0 amide bonds. The molecular formula is C11H15N5O4. The number of rotatable bonds is 3. The second-order valence-electron chi connectivity index (χ2n) is 4.50. The molecule has 108 valence electrons. The van der Waals surface area contributed by atoms with Crippen molar-refractivity contribution in [2.45, 2.75) is 12.8 Å². The van der Waals surface area contributed by atoms with Crippen molar-refractivity contribution in [3.05, 3.63) is 16.4 Å². The second-order valence-corrected chi connectivity index (χ2v) is 4.50. The third-order valence-electron chi connectivity index (χ3n) is 3.27. The van der Waals surface area contributed by atoms with Gasteiger partial charge in [0.15, 0.2) is 0 Å². The lowest BCUT2D eigenvalue weighted by Gasteiger charge is -2.31. The van der Waals surface area contributed by atoms with E-state index >= 15 is 0 Å². The first-order valence-electron chi connectivity index (χ1n) is 6.12. The van der Waals surface area contributed by atoms with Crippen molar-refractivity contribution >= 4 is 23.3 Å². The molecule has 1 aromatic heterocycles. The highest BCUT2D eigenvalue weighted by molar-refractivity contribution is 5.74. The average Bonchev–Trinajstić information content (AvgIpc) is 2.45. The number of nitrogens with zero attached hydrogens (tertiary/aromatic N) is 4. The lowest BCUT2D eigenvalue weighted by molar-refractivity contribution is -0.383. The van der Waals surface area contributed by atoms with Crippen LogP contribution in [-0.4, -0.2) is 41.1 Å². The van der Waals surface area contributed by atoms with Crippen LogP contribution in [-0.2, 0) is 9.53 Å². The Labute approximate surface area is 114 Å². The zero-order chi connectivity index (χ0) is 14.7. The number of carbonyl (C=O) groups is 1. The van der Waals surface area contributed by atoms with Crippen LogP contribution in [0.2, 0.25) is 0 Å². The number of nitrogen functional groups attached to an aromatic ring is 1. The summed E-state index contributed by atoms with van der Waals surface area (Å²) in [4.78, 5) is 31.3. The number of methoxy groups -OCH3 is 1. The zero-order valence-electron chi connectivity index (χ0n) is 11.0. The largest absolute Gasteiger partial charge is 0.469 e. The van der Waals surface area contributed by atoms with Crippen LogP contribution in [0.25, 0.3) is 0 Å². The molecule has 0 radical (unpaired) electrons.